The first-order chi connectivity index (χ1) is 17.6. The highest BCUT2D eigenvalue weighted by Gasteiger charge is 2.57. The lowest BCUT2D eigenvalue weighted by atomic mass is 9.74. The van der Waals surface area contributed by atoms with E-state index < -0.39 is 5.41 Å². The molecule has 4 rings (SSSR count). The highest BCUT2D eigenvalue weighted by Crippen LogP contribution is 2.56. The van der Waals surface area contributed by atoms with E-state index in [1.807, 2.05) is 20.8 Å². The van der Waals surface area contributed by atoms with Crippen molar-refractivity contribution in [2.75, 3.05) is 0 Å². The number of carbonyl (C=O) groups excluding carboxylic acids is 2. The summed E-state index contributed by atoms with van der Waals surface area (Å²) < 4.78 is 0. The number of amides is 2. The minimum atomic E-state index is -0.662. The van der Waals surface area contributed by atoms with E-state index in [-0.39, 0.29) is 23.4 Å². The summed E-state index contributed by atoms with van der Waals surface area (Å²) in [6, 6.07) is 21.5. The predicted molar refractivity (Wildman–Crippen MR) is 149 cm³/mol. The first kappa shape index (κ1) is 27.1. The minimum Gasteiger partial charge on any atom is -0.351 e. The van der Waals surface area contributed by atoms with Crippen LogP contribution in [0.1, 0.15) is 64.5 Å². The van der Waals surface area contributed by atoms with Crippen molar-refractivity contribution in [1.29, 1.82) is 0 Å². The summed E-state index contributed by atoms with van der Waals surface area (Å²) in [5.41, 5.74) is 1.65. The van der Waals surface area contributed by atoms with Gasteiger partial charge in [-0.15, -0.1) is 6.58 Å². The second kappa shape index (κ2) is 11.2. The van der Waals surface area contributed by atoms with E-state index in [2.05, 4.69) is 82.8 Å². The van der Waals surface area contributed by atoms with Crippen molar-refractivity contribution in [2.45, 2.75) is 84.1 Å². The van der Waals surface area contributed by atoms with Crippen LogP contribution in [0.2, 0.25) is 0 Å². The van der Waals surface area contributed by atoms with Crippen LogP contribution in [0.5, 0.6) is 0 Å². The first-order valence-electron chi connectivity index (χ1n) is 13.6. The van der Waals surface area contributed by atoms with Gasteiger partial charge in [-0.1, -0.05) is 66.7 Å². The largest absolute Gasteiger partial charge is 0.351 e. The molecule has 1 unspecified atom stereocenters. The molecule has 2 aromatic carbocycles. The molecule has 0 aliphatic heterocycles. The molecule has 0 heterocycles. The molecule has 0 aromatic heterocycles. The second-order valence-electron chi connectivity index (χ2n) is 12.2. The molecule has 2 N–H and O–H groups in total. The maximum atomic E-state index is 13.8. The molecule has 2 aromatic rings. The monoisotopic (exact) mass is 501 g/mol. The Bertz CT molecular complexity index is 1020. The van der Waals surface area contributed by atoms with E-state index in [0.29, 0.717) is 17.9 Å². The van der Waals surface area contributed by atoms with Crippen LogP contribution in [0, 0.1) is 17.3 Å². The Hall–Kier alpha value is -2.92. The van der Waals surface area contributed by atoms with E-state index in [9.17, 15) is 9.59 Å². The van der Waals surface area contributed by atoms with Crippen LogP contribution < -0.4 is 10.6 Å². The van der Waals surface area contributed by atoms with Crippen molar-refractivity contribution < 1.29 is 9.59 Å². The smallest absolute Gasteiger partial charge is 0.229 e. The normalized spacial score (nSPS) is 21.9. The number of nitrogens with one attached hydrogen (secondary N) is 2. The molecule has 0 spiro atoms. The molecule has 2 fully saturated rings. The Kier molecular flexibility index (Phi) is 8.23. The Morgan fingerprint density at radius 1 is 0.973 bits per heavy atom. The van der Waals surface area contributed by atoms with Crippen molar-refractivity contribution >= 4 is 11.8 Å². The van der Waals surface area contributed by atoms with E-state index in [4.69, 9.17) is 0 Å². The summed E-state index contributed by atoms with van der Waals surface area (Å²) in [6.07, 6.45) is 5.45. The number of hydrogen-bond acceptors (Lipinski definition) is 3. The topological polar surface area (TPSA) is 61.4 Å². The van der Waals surface area contributed by atoms with Crippen LogP contribution in [-0.2, 0) is 22.7 Å². The molecule has 5 nitrogen and oxygen atoms in total. The van der Waals surface area contributed by atoms with E-state index >= 15 is 0 Å². The van der Waals surface area contributed by atoms with Crippen LogP contribution in [0.25, 0.3) is 0 Å². The molecule has 5 heteroatoms. The Morgan fingerprint density at radius 2 is 1.46 bits per heavy atom. The van der Waals surface area contributed by atoms with Gasteiger partial charge in [0.05, 0.1) is 11.5 Å². The fraction of sp³-hybridized carbons (Fsp3) is 0.500. The van der Waals surface area contributed by atoms with Gasteiger partial charge in [0.25, 0.3) is 0 Å². The molecule has 2 aliphatic rings. The zero-order valence-electron chi connectivity index (χ0n) is 22.9. The third kappa shape index (κ3) is 6.51. The lowest BCUT2D eigenvalue weighted by Crippen LogP contribution is -2.57. The molecule has 2 amide bonds. The van der Waals surface area contributed by atoms with Gasteiger partial charge in [-0.05, 0) is 69.4 Å². The third-order valence-electron chi connectivity index (χ3n) is 8.17. The van der Waals surface area contributed by atoms with Crippen molar-refractivity contribution in [3.63, 3.8) is 0 Å². The number of hydrogen-bond donors (Lipinski definition) is 2. The van der Waals surface area contributed by atoms with E-state index in [1.165, 1.54) is 18.1 Å². The van der Waals surface area contributed by atoms with Crippen molar-refractivity contribution in [3.8, 4) is 0 Å². The predicted octanol–water partition coefficient (Wildman–Crippen LogP) is 5.47. The van der Waals surface area contributed by atoms with Gasteiger partial charge >= 0.3 is 0 Å². The fourth-order valence-corrected chi connectivity index (χ4v) is 6.63. The highest BCUT2D eigenvalue weighted by molar-refractivity contribution is 5.86. The Balaban J connectivity index is 1.55. The van der Waals surface area contributed by atoms with Crippen LogP contribution in [0.4, 0.5) is 0 Å². The minimum absolute atomic E-state index is 0.0371. The molecule has 37 heavy (non-hydrogen) atoms. The Morgan fingerprint density at radius 3 is 1.86 bits per heavy atom. The van der Waals surface area contributed by atoms with Gasteiger partial charge in [0.15, 0.2) is 0 Å². The van der Waals surface area contributed by atoms with Gasteiger partial charge in [-0.3, -0.25) is 14.5 Å². The van der Waals surface area contributed by atoms with Crippen molar-refractivity contribution in [2.24, 2.45) is 17.3 Å². The summed E-state index contributed by atoms with van der Waals surface area (Å²) in [5.74, 6) is 0.802. The third-order valence-corrected chi connectivity index (χ3v) is 8.17. The van der Waals surface area contributed by atoms with Gasteiger partial charge < -0.3 is 10.6 Å². The van der Waals surface area contributed by atoms with Crippen LogP contribution in [-0.4, -0.2) is 34.3 Å². The summed E-state index contributed by atoms with van der Waals surface area (Å²) in [6.45, 7) is 13.4. The number of rotatable bonds is 9. The lowest BCUT2D eigenvalue weighted by molar-refractivity contribution is -0.134. The molecule has 0 radical (unpaired) electrons. The van der Waals surface area contributed by atoms with Gasteiger partial charge in [0.1, 0.15) is 0 Å². The van der Waals surface area contributed by atoms with Crippen LogP contribution in [0.15, 0.2) is 73.3 Å². The molecule has 198 valence electrons. The number of benzene rings is 2. The van der Waals surface area contributed by atoms with Crippen LogP contribution in [0.3, 0.4) is 0 Å². The van der Waals surface area contributed by atoms with Crippen molar-refractivity contribution in [1.82, 2.24) is 15.5 Å². The number of fused-ring (bicyclic) bond motifs is 1. The zero-order valence-corrected chi connectivity index (χ0v) is 22.9. The van der Waals surface area contributed by atoms with Crippen LogP contribution >= 0.6 is 0 Å². The lowest BCUT2D eigenvalue weighted by Gasteiger charge is -2.39. The number of nitrogens with zero attached hydrogens (tertiary/aromatic N) is 1. The molecule has 0 saturated heterocycles. The maximum Gasteiger partial charge on any atom is 0.229 e. The Labute approximate surface area is 222 Å². The fourth-order valence-electron chi connectivity index (χ4n) is 6.63. The summed E-state index contributed by atoms with van der Waals surface area (Å²) in [5, 5.41) is 6.27. The van der Waals surface area contributed by atoms with Gasteiger partial charge in [-0.25, -0.2) is 0 Å². The molecule has 0 bridgehead atoms. The summed E-state index contributed by atoms with van der Waals surface area (Å²) in [4.78, 5) is 28.5. The SMILES string of the molecule is C=CC(NC(C)=O)C1(C(=O)NC(C)(C)C)C[C@@H]2CC(N(Cc3ccccc3)Cc3ccccc3)C[C@H]2C1. The van der Waals surface area contributed by atoms with E-state index in [0.717, 1.165) is 38.8 Å². The highest BCUT2D eigenvalue weighted by atomic mass is 16.2. The standard InChI is InChI=1S/C32H43N3O2/c1-6-29(33-23(2)36)32(30(37)34-31(3,4)5)19-26-17-28(18-27(26)20-32)35(21-24-13-9-7-10-14-24)22-25-15-11-8-12-16-25/h6-16,26-29H,1,17-22H2,2-5H3,(H,33,36)(H,34,37)/t26-,27-,28?,29?,32?/m0/s1. The zero-order chi connectivity index (χ0) is 26.6. The van der Waals surface area contributed by atoms with Crippen molar-refractivity contribution in [3.05, 3.63) is 84.4 Å². The average Bonchev–Trinajstić information content (AvgIpc) is 3.40. The second-order valence-corrected chi connectivity index (χ2v) is 12.2. The molecule has 2 saturated carbocycles. The molecule has 3 atom stereocenters. The molecular weight excluding hydrogens is 458 g/mol. The summed E-state index contributed by atoms with van der Waals surface area (Å²) in [7, 11) is 0. The van der Waals surface area contributed by atoms with E-state index in [1.54, 1.807) is 6.08 Å². The average molecular weight is 502 g/mol. The number of carbonyl (C=O) groups is 2. The molecule has 2 aliphatic carbocycles. The van der Waals surface area contributed by atoms with Gasteiger partial charge in [0.2, 0.25) is 11.8 Å². The maximum absolute atomic E-state index is 13.8. The van der Waals surface area contributed by atoms with Gasteiger partial charge in [0, 0.05) is 31.6 Å². The first-order valence-corrected chi connectivity index (χ1v) is 13.6. The quantitative estimate of drug-likeness (QED) is 0.448. The molecular formula is C32H43N3O2. The van der Waals surface area contributed by atoms with Gasteiger partial charge in [-0.2, -0.15) is 0 Å². The summed E-state index contributed by atoms with van der Waals surface area (Å²) >= 11 is 0.